The maximum atomic E-state index is 11.9. The quantitative estimate of drug-likeness (QED) is 0.738. The maximum absolute atomic E-state index is 11.9. The van der Waals surface area contributed by atoms with Crippen LogP contribution in [0.4, 0.5) is 0 Å². The first-order valence-corrected chi connectivity index (χ1v) is 6.20. The Labute approximate surface area is 103 Å². The molecule has 0 fully saturated rings. The number of benzene rings is 1. The monoisotopic (exact) mass is 235 g/mol. The van der Waals surface area contributed by atoms with Gasteiger partial charge in [-0.2, -0.15) is 0 Å². The van der Waals surface area contributed by atoms with Crippen LogP contribution in [0.15, 0.2) is 24.3 Å². The fraction of sp³-hybridized carbons (Fsp3) is 0.500. The number of amides is 1. The highest BCUT2D eigenvalue weighted by Crippen LogP contribution is 2.16. The Hall–Kier alpha value is -1.51. The first-order chi connectivity index (χ1) is 8.29. The number of unbranched alkanes of at least 4 members (excludes halogenated alkanes) is 3. The largest absolute Gasteiger partial charge is 0.496 e. The lowest BCUT2D eigenvalue weighted by Gasteiger charge is -2.08. The van der Waals surface area contributed by atoms with E-state index in [0.717, 1.165) is 13.0 Å². The number of carbonyl (C=O) groups is 1. The molecule has 0 aliphatic heterocycles. The summed E-state index contributed by atoms with van der Waals surface area (Å²) in [5.74, 6) is 0.567. The summed E-state index contributed by atoms with van der Waals surface area (Å²) in [7, 11) is 1.58. The Kier molecular flexibility index (Phi) is 6.15. The number of para-hydroxylation sites is 1. The molecular weight excluding hydrogens is 214 g/mol. The molecule has 0 bridgehead atoms. The first kappa shape index (κ1) is 13.6. The molecule has 0 saturated carbocycles. The van der Waals surface area contributed by atoms with E-state index in [1.165, 1.54) is 19.3 Å². The minimum absolute atomic E-state index is 0.0565. The lowest BCUT2D eigenvalue weighted by atomic mass is 10.1. The van der Waals surface area contributed by atoms with Crippen molar-refractivity contribution in [2.45, 2.75) is 32.6 Å². The highest BCUT2D eigenvalue weighted by Gasteiger charge is 2.09. The van der Waals surface area contributed by atoms with E-state index in [9.17, 15) is 4.79 Å². The number of hydrogen-bond donors (Lipinski definition) is 1. The number of hydrogen-bond acceptors (Lipinski definition) is 2. The third-order valence-corrected chi connectivity index (χ3v) is 2.67. The van der Waals surface area contributed by atoms with E-state index in [2.05, 4.69) is 12.2 Å². The summed E-state index contributed by atoms with van der Waals surface area (Å²) in [6.07, 6.45) is 4.64. The van der Waals surface area contributed by atoms with Crippen LogP contribution in [0.25, 0.3) is 0 Å². The van der Waals surface area contributed by atoms with Crippen molar-refractivity contribution in [1.82, 2.24) is 5.32 Å². The highest BCUT2D eigenvalue weighted by molar-refractivity contribution is 5.96. The van der Waals surface area contributed by atoms with Crippen molar-refractivity contribution >= 4 is 5.91 Å². The molecule has 0 aliphatic rings. The van der Waals surface area contributed by atoms with E-state index in [1.54, 1.807) is 19.2 Å². The zero-order valence-electron chi connectivity index (χ0n) is 10.7. The smallest absolute Gasteiger partial charge is 0.255 e. The molecule has 0 radical (unpaired) electrons. The van der Waals surface area contributed by atoms with E-state index in [0.29, 0.717) is 11.3 Å². The molecular formula is C14H21NO2. The fourth-order valence-corrected chi connectivity index (χ4v) is 1.68. The molecule has 1 aromatic carbocycles. The van der Waals surface area contributed by atoms with Gasteiger partial charge in [0.1, 0.15) is 5.75 Å². The molecule has 3 nitrogen and oxygen atoms in total. The predicted octanol–water partition coefficient (Wildman–Crippen LogP) is 3.01. The van der Waals surface area contributed by atoms with E-state index >= 15 is 0 Å². The molecule has 17 heavy (non-hydrogen) atoms. The number of methoxy groups -OCH3 is 1. The minimum Gasteiger partial charge on any atom is -0.496 e. The second kappa shape index (κ2) is 7.71. The maximum Gasteiger partial charge on any atom is 0.255 e. The molecule has 1 rings (SSSR count). The average molecular weight is 235 g/mol. The predicted molar refractivity (Wildman–Crippen MR) is 69.5 cm³/mol. The number of rotatable bonds is 7. The summed E-state index contributed by atoms with van der Waals surface area (Å²) in [4.78, 5) is 11.9. The second-order valence-corrected chi connectivity index (χ2v) is 4.02. The third-order valence-electron chi connectivity index (χ3n) is 2.67. The molecule has 1 aromatic rings. The summed E-state index contributed by atoms with van der Waals surface area (Å²) in [6.45, 7) is 2.91. The third kappa shape index (κ3) is 4.47. The molecule has 0 unspecified atom stereocenters. The van der Waals surface area contributed by atoms with Crippen molar-refractivity contribution in [3.05, 3.63) is 29.8 Å². The van der Waals surface area contributed by atoms with E-state index in [4.69, 9.17) is 4.74 Å². The van der Waals surface area contributed by atoms with Crippen molar-refractivity contribution in [2.24, 2.45) is 0 Å². The molecule has 0 saturated heterocycles. The number of ether oxygens (including phenoxy) is 1. The van der Waals surface area contributed by atoms with Gasteiger partial charge in [0.2, 0.25) is 0 Å². The molecule has 0 heterocycles. The SMILES string of the molecule is CCCCCCNC(=O)c1ccccc1OC. The van der Waals surface area contributed by atoms with E-state index in [-0.39, 0.29) is 5.91 Å². The zero-order valence-corrected chi connectivity index (χ0v) is 10.7. The molecule has 0 spiro atoms. The highest BCUT2D eigenvalue weighted by atomic mass is 16.5. The van der Waals surface area contributed by atoms with Gasteiger partial charge >= 0.3 is 0 Å². The van der Waals surface area contributed by atoms with Gasteiger partial charge in [0.05, 0.1) is 12.7 Å². The van der Waals surface area contributed by atoms with Crippen LogP contribution in [0.2, 0.25) is 0 Å². The number of carbonyl (C=O) groups excluding carboxylic acids is 1. The van der Waals surface area contributed by atoms with Crippen molar-refractivity contribution < 1.29 is 9.53 Å². The Balaban J connectivity index is 2.41. The molecule has 1 amide bonds. The van der Waals surface area contributed by atoms with Gasteiger partial charge in [0.15, 0.2) is 0 Å². The summed E-state index contributed by atoms with van der Waals surface area (Å²) in [5.41, 5.74) is 0.602. The van der Waals surface area contributed by atoms with Gasteiger partial charge in [-0.25, -0.2) is 0 Å². The van der Waals surface area contributed by atoms with Crippen molar-refractivity contribution in [3.8, 4) is 5.75 Å². The fourth-order valence-electron chi connectivity index (χ4n) is 1.68. The minimum atomic E-state index is -0.0565. The summed E-state index contributed by atoms with van der Waals surface area (Å²) in [6, 6.07) is 7.28. The van der Waals surface area contributed by atoms with Crippen LogP contribution in [0.5, 0.6) is 5.75 Å². The normalized spacial score (nSPS) is 10.0. The van der Waals surface area contributed by atoms with Crippen LogP contribution in [-0.4, -0.2) is 19.6 Å². The topological polar surface area (TPSA) is 38.3 Å². The molecule has 1 N–H and O–H groups in total. The standard InChI is InChI=1S/C14H21NO2/c1-3-4-5-8-11-15-14(16)12-9-6-7-10-13(12)17-2/h6-7,9-10H,3-5,8,11H2,1-2H3,(H,15,16). The van der Waals surface area contributed by atoms with Gasteiger partial charge in [-0.05, 0) is 18.6 Å². The van der Waals surface area contributed by atoms with Crippen LogP contribution < -0.4 is 10.1 Å². The van der Waals surface area contributed by atoms with Crippen LogP contribution in [0, 0.1) is 0 Å². The Morgan fingerprint density at radius 3 is 2.71 bits per heavy atom. The lowest BCUT2D eigenvalue weighted by molar-refractivity contribution is 0.0950. The van der Waals surface area contributed by atoms with Crippen LogP contribution in [0.3, 0.4) is 0 Å². The van der Waals surface area contributed by atoms with Gasteiger partial charge in [0, 0.05) is 6.54 Å². The molecule has 3 heteroatoms. The zero-order chi connectivity index (χ0) is 12.5. The second-order valence-electron chi connectivity index (χ2n) is 4.02. The van der Waals surface area contributed by atoms with Crippen LogP contribution in [0.1, 0.15) is 43.0 Å². The lowest BCUT2D eigenvalue weighted by Crippen LogP contribution is -2.24. The van der Waals surface area contributed by atoms with Gasteiger partial charge in [0.25, 0.3) is 5.91 Å². The van der Waals surface area contributed by atoms with Crippen molar-refractivity contribution in [2.75, 3.05) is 13.7 Å². The van der Waals surface area contributed by atoms with Gasteiger partial charge in [-0.1, -0.05) is 38.3 Å². The van der Waals surface area contributed by atoms with Crippen molar-refractivity contribution in [3.63, 3.8) is 0 Å². The average Bonchev–Trinajstić information content (AvgIpc) is 2.38. The Morgan fingerprint density at radius 2 is 2.00 bits per heavy atom. The van der Waals surface area contributed by atoms with Crippen molar-refractivity contribution in [1.29, 1.82) is 0 Å². The molecule has 0 aromatic heterocycles. The van der Waals surface area contributed by atoms with E-state index in [1.807, 2.05) is 12.1 Å². The summed E-state index contributed by atoms with van der Waals surface area (Å²) in [5, 5.41) is 2.91. The van der Waals surface area contributed by atoms with Crippen LogP contribution >= 0.6 is 0 Å². The van der Waals surface area contributed by atoms with Gasteiger partial charge in [-0.3, -0.25) is 4.79 Å². The first-order valence-electron chi connectivity index (χ1n) is 6.20. The summed E-state index contributed by atoms with van der Waals surface area (Å²) < 4.78 is 5.15. The van der Waals surface area contributed by atoms with Gasteiger partial charge in [-0.15, -0.1) is 0 Å². The van der Waals surface area contributed by atoms with Crippen LogP contribution in [-0.2, 0) is 0 Å². The van der Waals surface area contributed by atoms with E-state index < -0.39 is 0 Å². The number of nitrogens with one attached hydrogen (secondary N) is 1. The Morgan fingerprint density at radius 1 is 1.24 bits per heavy atom. The molecule has 0 atom stereocenters. The Bertz CT molecular complexity index is 350. The molecule has 0 aliphatic carbocycles. The summed E-state index contributed by atoms with van der Waals surface area (Å²) >= 11 is 0. The van der Waals surface area contributed by atoms with Gasteiger partial charge < -0.3 is 10.1 Å². The molecule has 94 valence electrons.